The maximum atomic E-state index is 5.11. The van der Waals surface area contributed by atoms with E-state index in [1.165, 1.54) is 11.1 Å². The first-order chi connectivity index (χ1) is 42.3. The Kier molecular flexibility index (Phi) is 14.2. The Morgan fingerprint density at radius 3 is 1.00 bits per heavy atom. The Balaban J connectivity index is 0.923. The molecule has 0 aliphatic heterocycles. The van der Waals surface area contributed by atoms with Gasteiger partial charge in [-0.3, -0.25) is 14.1 Å². The first-order valence-corrected chi connectivity index (χ1v) is 29.4. The van der Waals surface area contributed by atoms with Gasteiger partial charge >= 0.3 is 0 Å². The first-order valence-electron chi connectivity index (χ1n) is 29.4. The zero-order valence-electron chi connectivity index (χ0n) is 48.5. The second kappa shape index (κ2) is 23.0. The van der Waals surface area contributed by atoms with E-state index in [1.807, 2.05) is 12.3 Å². The number of benzene rings is 11. The quantitative estimate of drug-likeness (QED) is 0.116. The minimum Gasteiger partial charge on any atom is -0.297 e. The van der Waals surface area contributed by atoms with Crippen molar-refractivity contribution in [3.63, 3.8) is 0 Å². The fraction of sp³-hybridized carbons (Fsp3) is 0.0494. The smallest absolute Gasteiger partial charge is 0.145 e. The van der Waals surface area contributed by atoms with Gasteiger partial charge in [0.25, 0.3) is 0 Å². The topological polar surface area (TPSA) is 48.5 Å². The van der Waals surface area contributed by atoms with Gasteiger partial charge in [0.2, 0.25) is 0 Å². The number of aromatic nitrogens is 5. The lowest BCUT2D eigenvalue weighted by Gasteiger charge is -2.19. The molecular weight excluding hydrogens is 1040 g/mol. The van der Waals surface area contributed by atoms with Gasteiger partial charge in [-0.1, -0.05) is 231 Å². The highest BCUT2D eigenvalue weighted by atomic mass is 15.1. The van der Waals surface area contributed by atoms with Crippen LogP contribution in [0.4, 0.5) is 0 Å². The zero-order valence-corrected chi connectivity index (χ0v) is 48.5. The molecule has 0 fully saturated rings. The number of para-hydroxylation sites is 2. The van der Waals surface area contributed by atoms with Gasteiger partial charge in [-0.15, -0.1) is 0 Å². The Morgan fingerprint density at radius 1 is 0.233 bits per heavy atom. The molecule has 14 rings (SSSR count). The molecule has 0 N–H and O–H groups in total. The van der Waals surface area contributed by atoms with Gasteiger partial charge in [0.15, 0.2) is 0 Å². The molecule has 11 aromatic carbocycles. The highest BCUT2D eigenvalue weighted by Gasteiger charge is 2.21. The molecule has 0 saturated heterocycles. The van der Waals surface area contributed by atoms with E-state index in [0.29, 0.717) is 0 Å². The van der Waals surface area contributed by atoms with Gasteiger partial charge in [-0.05, 0) is 177 Å². The van der Waals surface area contributed by atoms with Gasteiger partial charge < -0.3 is 0 Å². The Morgan fingerprint density at radius 2 is 0.558 bits per heavy atom. The number of rotatable bonds is 13. The highest BCUT2D eigenvalue weighted by molar-refractivity contribution is 5.97. The van der Waals surface area contributed by atoms with E-state index < -0.39 is 0 Å². The summed E-state index contributed by atoms with van der Waals surface area (Å²) >= 11 is 0. The monoisotopic (exact) mass is 1100 g/mol. The van der Waals surface area contributed by atoms with Crippen LogP contribution in [0.3, 0.4) is 0 Å². The van der Waals surface area contributed by atoms with Crippen LogP contribution in [0.15, 0.2) is 297 Å². The Labute approximate surface area is 503 Å². The van der Waals surface area contributed by atoms with E-state index in [4.69, 9.17) is 15.0 Å². The summed E-state index contributed by atoms with van der Waals surface area (Å²) < 4.78 is 4.52. The molecule has 5 heteroatoms. The van der Waals surface area contributed by atoms with Gasteiger partial charge in [0.05, 0.1) is 17.1 Å². The van der Waals surface area contributed by atoms with Crippen LogP contribution in [0.5, 0.6) is 0 Å². The summed E-state index contributed by atoms with van der Waals surface area (Å²) in [7, 11) is 0. The van der Waals surface area contributed by atoms with Gasteiger partial charge in [-0.25, -0.2) is 9.97 Å². The number of nitrogens with zero attached hydrogens (tertiary/aromatic N) is 5. The lowest BCUT2D eigenvalue weighted by Crippen LogP contribution is -1.99. The van der Waals surface area contributed by atoms with Crippen molar-refractivity contribution in [1.29, 1.82) is 0 Å². The van der Waals surface area contributed by atoms with Crippen LogP contribution in [0.25, 0.3) is 134 Å². The van der Waals surface area contributed by atoms with Crippen molar-refractivity contribution in [2.45, 2.75) is 27.7 Å². The lowest BCUT2D eigenvalue weighted by atomic mass is 9.84. The molecular formula is C81H61N5. The van der Waals surface area contributed by atoms with Crippen LogP contribution in [0.2, 0.25) is 0 Å². The lowest BCUT2D eigenvalue weighted by molar-refractivity contribution is 1.01. The van der Waals surface area contributed by atoms with Crippen molar-refractivity contribution in [2.75, 3.05) is 0 Å². The molecule has 0 saturated carbocycles. The average Bonchev–Trinajstić information content (AvgIpc) is 2.88. The molecule has 0 aliphatic carbocycles. The highest BCUT2D eigenvalue weighted by Crippen LogP contribution is 2.45. The minimum absolute atomic E-state index is 0.928. The molecule has 0 atom stereocenters. The molecule has 0 amide bonds. The fourth-order valence-electron chi connectivity index (χ4n) is 12.2. The molecule has 3 aromatic heterocycles. The van der Waals surface area contributed by atoms with E-state index >= 15 is 0 Å². The zero-order chi connectivity index (χ0) is 58.1. The van der Waals surface area contributed by atoms with E-state index in [9.17, 15) is 0 Å². The first kappa shape index (κ1) is 53.0. The van der Waals surface area contributed by atoms with Crippen LogP contribution < -0.4 is 0 Å². The molecule has 5 nitrogen and oxygen atoms in total. The van der Waals surface area contributed by atoms with Crippen molar-refractivity contribution < 1.29 is 0 Å². The van der Waals surface area contributed by atoms with Crippen LogP contribution in [0, 0.1) is 27.7 Å². The molecule has 0 aliphatic rings. The minimum atomic E-state index is 0.928. The van der Waals surface area contributed by atoms with Crippen molar-refractivity contribution >= 4 is 0 Å². The van der Waals surface area contributed by atoms with E-state index in [2.05, 4.69) is 322 Å². The Hall–Kier alpha value is -11.0. The number of aryl methyl sites for hydroxylation is 2. The Bertz CT molecular complexity index is 4540. The van der Waals surface area contributed by atoms with Crippen molar-refractivity contribution in [2.24, 2.45) is 0 Å². The molecule has 0 unspecified atom stereocenters. The van der Waals surface area contributed by atoms with Crippen LogP contribution in [-0.2, 0) is 0 Å². The largest absolute Gasteiger partial charge is 0.297 e. The summed E-state index contributed by atoms with van der Waals surface area (Å²) in [5.74, 6) is 1.86. The van der Waals surface area contributed by atoms with E-state index in [0.717, 1.165) is 146 Å². The molecule has 0 bridgehead atoms. The predicted molar refractivity (Wildman–Crippen MR) is 357 cm³/mol. The van der Waals surface area contributed by atoms with Gasteiger partial charge in [0, 0.05) is 45.6 Å². The predicted octanol–water partition coefficient (Wildman–Crippen LogP) is 21.0. The molecule has 410 valence electrons. The SMILES string of the molecule is Cc1nc(-c2ccc(-c3ccccc3-c3cc(-c4ccccc4-c4ccc(-c5nc(C)c(C)n5-c5ccccc5)cc4)cc(-c4ccccc4-c4ccc(-c5ccccn5)cc4-c4ccc(-c5ccccc5)cc4)c3)cc2)n(-c2ccccc2)c1C. The fourth-order valence-corrected chi connectivity index (χ4v) is 12.2. The van der Waals surface area contributed by atoms with E-state index in [1.54, 1.807) is 0 Å². The summed E-state index contributed by atoms with van der Waals surface area (Å²) in [5, 5.41) is 0. The maximum Gasteiger partial charge on any atom is 0.145 e. The summed E-state index contributed by atoms with van der Waals surface area (Å²) in [5.41, 5.74) is 28.8. The second-order valence-corrected chi connectivity index (χ2v) is 22.1. The average molecular weight is 1100 g/mol. The van der Waals surface area contributed by atoms with Crippen LogP contribution >= 0.6 is 0 Å². The molecule has 3 heterocycles. The number of hydrogen-bond donors (Lipinski definition) is 0. The van der Waals surface area contributed by atoms with Crippen molar-refractivity contribution in [1.82, 2.24) is 24.1 Å². The summed E-state index contributed by atoms with van der Waals surface area (Å²) in [6, 6.07) is 105. The van der Waals surface area contributed by atoms with Crippen LogP contribution in [-0.4, -0.2) is 24.1 Å². The van der Waals surface area contributed by atoms with Gasteiger partial charge in [-0.2, -0.15) is 0 Å². The molecule has 0 spiro atoms. The normalized spacial score (nSPS) is 11.3. The molecule has 0 radical (unpaired) electrons. The maximum absolute atomic E-state index is 5.11. The van der Waals surface area contributed by atoms with Gasteiger partial charge in [0.1, 0.15) is 11.6 Å². The number of hydrogen-bond acceptors (Lipinski definition) is 3. The third kappa shape index (κ3) is 10.2. The standard InChI is InChI=1S/C81H61N5/c1-54-56(3)85(69-24-10-6-11-25-69)80(83-54)63-43-39-60(40-44-63)71-28-14-16-30-73(71)66-50-67(74-31-17-15-29-72(74)61-41-45-64(46-42-61)81-84-55(2)57(4)86(81)70-26-12-7-13-27-70)52-68(51-66)75-32-18-19-33-76(75)77-48-47-65(79-34-20-21-49-82-79)53-78(77)62-37-35-59(36-38-62)58-22-8-5-9-23-58/h5-53H,1-4H3. The van der Waals surface area contributed by atoms with E-state index in [-0.39, 0.29) is 0 Å². The summed E-state index contributed by atoms with van der Waals surface area (Å²) in [6.45, 7) is 8.47. The van der Waals surface area contributed by atoms with Crippen LogP contribution in [0.1, 0.15) is 22.8 Å². The summed E-state index contributed by atoms with van der Waals surface area (Å²) in [4.78, 5) is 15.0. The third-order valence-electron chi connectivity index (χ3n) is 16.8. The third-order valence-corrected chi connectivity index (χ3v) is 16.8. The van der Waals surface area contributed by atoms with Crippen molar-refractivity contribution in [3.8, 4) is 134 Å². The molecule has 14 aromatic rings. The number of pyridine rings is 1. The number of imidazole rings is 2. The molecule has 86 heavy (non-hydrogen) atoms. The van der Waals surface area contributed by atoms with Crippen molar-refractivity contribution in [3.05, 3.63) is 320 Å². The summed E-state index contributed by atoms with van der Waals surface area (Å²) in [6.07, 6.45) is 1.87. The second-order valence-electron chi connectivity index (χ2n) is 22.1.